The van der Waals surface area contributed by atoms with Gasteiger partial charge in [0.15, 0.2) is 6.54 Å². The minimum atomic E-state index is -3.85. The molecule has 0 radical (unpaired) electrons. The van der Waals surface area contributed by atoms with Crippen LogP contribution in [-0.4, -0.2) is 81.6 Å². The molecule has 3 rings (SSSR count). The van der Waals surface area contributed by atoms with Gasteiger partial charge in [-0.1, -0.05) is 12.1 Å². The van der Waals surface area contributed by atoms with Gasteiger partial charge in [-0.25, -0.2) is 12.8 Å². The summed E-state index contributed by atoms with van der Waals surface area (Å²) in [6.07, 6.45) is 0.0471. The summed E-state index contributed by atoms with van der Waals surface area (Å²) >= 11 is 0. The normalized spacial score (nSPS) is 25.5. The highest BCUT2D eigenvalue weighted by Gasteiger charge is 2.34. The Morgan fingerprint density at radius 3 is 2.37 bits per heavy atom. The molecule has 1 aromatic carbocycles. The number of benzene rings is 1. The molecule has 1 aromatic rings. The molecule has 9 heteroatoms. The summed E-state index contributed by atoms with van der Waals surface area (Å²) in [6.45, 7) is 7.01. The number of halogens is 1. The van der Waals surface area contributed by atoms with Gasteiger partial charge in [-0.15, -0.1) is 0 Å². The van der Waals surface area contributed by atoms with Crippen LogP contribution in [0.2, 0.25) is 0 Å². The van der Waals surface area contributed by atoms with Gasteiger partial charge in [0, 0.05) is 13.1 Å². The molecule has 2 aliphatic rings. The second kappa shape index (κ2) is 8.22. The molecular formula is C18H27FN3O4S+. The number of nitrogens with zero attached hydrogens (tertiary/aromatic N) is 2. The Morgan fingerprint density at radius 1 is 1.19 bits per heavy atom. The van der Waals surface area contributed by atoms with Crippen LogP contribution in [0.3, 0.4) is 0 Å². The highest BCUT2D eigenvalue weighted by molar-refractivity contribution is 7.89. The second-order valence-electron chi connectivity index (χ2n) is 7.32. The van der Waals surface area contributed by atoms with Crippen LogP contribution in [0.1, 0.15) is 13.8 Å². The summed E-state index contributed by atoms with van der Waals surface area (Å²) in [5.41, 5.74) is 0. The Bertz CT molecular complexity index is 771. The maximum Gasteiger partial charge on any atom is 0.277 e. The standard InChI is InChI=1S/C18H26FN3O4S/c1-14-11-21(12-15(2)26-14)18(23)13-20-7-9-22(10-8-20)27(24,25)17-6-4-3-5-16(17)19/h3-6,14-15H,7-13H2,1-2H3/p+1/t14-,15+. The van der Waals surface area contributed by atoms with Crippen LogP contribution in [0.15, 0.2) is 29.2 Å². The summed E-state index contributed by atoms with van der Waals surface area (Å²) in [5, 5.41) is 0. The molecule has 0 spiro atoms. The van der Waals surface area contributed by atoms with E-state index in [-0.39, 0.29) is 36.1 Å². The Hall–Kier alpha value is -1.55. The number of quaternary nitrogens is 1. The third-order valence-corrected chi connectivity index (χ3v) is 6.99. The van der Waals surface area contributed by atoms with E-state index < -0.39 is 15.8 Å². The van der Waals surface area contributed by atoms with E-state index in [9.17, 15) is 17.6 Å². The van der Waals surface area contributed by atoms with Crippen LogP contribution in [0.25, 0.3) is 0 Å². The molecule has 0 saturated carbocycles. The minimum absolute atomic E-state index is 0.0236. The average Bonchev–Trinajstić information content (AvgIpc) is 2.61. The number of rotatable bonds is 4. The Morgan fingerprint density at radius 2 is 1.78 bits per heavy atom. The maximum atomic E-state index is 13.9. The molecule has 0 aliphatic carbocycles. The van der Waals surface area contributed by atoms with Crippen LogP contribution in [0.4, 0.5) is 4.39 Å². The van der Waals surface area contributed by atoms with E-state index in [0.717, 1.165) is 11.0 Å². The van der Waals surface area contributed by atoms with Gasteiger partial charge in [0.25, 0.3) is 5.91 Å². The van der Waals surface area contributed by atoms with Crippen molar-refractivity contribution in [3.63, 3.8) is 0 Å². The molecule has 150 valence electrons. The summed E-state index contributed by atoms with van der Waals surface area (Å²) in [6, 6.07) is 5.42. The van der Waals surface area contributed by atoms with Crippen LogP contribution in [-0.2, 0) is 19.6 Å². The largest absolute Gasteiger partial charge is 0.372 e. The number of nitrogens with one attached hydrogen (secondary N) is 1. The quantitative estimate of drug-likeness (QED) is 0.729. The van der Waals surface area contributed by atoms with Crippen molar-refractivity contribution in [2.24, 2.45) is 0 Å². The van der Waals surface area contributed by atoms with Crippen LogP contribution in [0.5, 0.6) is 0 Å². The van der Waals surface area contributed by atoms with E-state index in [1.54, 1.807) is 0 Å². The summed E-state index contributed by atoms with van der Waals surface area (Å²) in [7, 11) is -3.85. The number of carbonyl (C=O) groups excluding carboxylic acids is 1. The van der Waals surface area contributed by atoms with E-state index in [2.05, 4.69) is 0 Å². The van der Waals surface area contributed by atoms with E-state index in [1.165, 1.54) is 22.5 Å². The fourth-order valence-electron chi connectivity index (χ4n) is 3.72. The van der Waals surface area contributed by atoms with Gasteiger partial charge in [-0.2, -0.15) is 4.31 Å². The van der Waals surface area contributed by atoms with Gasteiger partial charge in [-0.05, 0) is 26.0 Å². The molecule has 2 heterocycles. The molecule has 1 N–H and O–H groups in total. The van der Waals surface area contributed by atoms with Gasteiger partial charge in [0.1, 0.15) is 10.7 Å². The van der Waals surface area contributed by atoms with Gasteiger partial charge in [0.2, 0.25) is 10.0 Å². The van der Waals surface area contributed by atoms with Crippen molar-refractivity contribution in [3.05, 3.63) is 30.1 Å². The number of sulfonamides is 1. The number of hydrogen-bond donors (Lipinski definition) is 1. The van der Waals surface area contributed by atoms with E-state index in [4.69, 9.17) is 4.74 Å². The van der Waals surface area contributed by atoms with Crippen molar-refractivity contribution in [2.45, 2.75) is 31.0 Å². The molecule has 2 saturated heterocycles. The lowest BCUT2D eigenvalue weighted by molar-refractivity contribution is -0.896. The summed E-state index contributed by atoms with van der Waals surface area (Å²) in [5.74, 6) is -0.671. The van der Waals surface area contributed by atoms with Crippen molar-refractivity contribution < 1.29 is 27.2 Å². The average molecular weight is 400 g/mol. The fourth-order valence-corrected chi connectivity index (χ4v) is 5.23. The zero-order valence-corrected chi connectivity index (χ0v) is 16.5. The first kappa shape index (κ1) is 20.2. The number of morpholine rings is 1. The first-order valence-corrected chi connectivity index (χ1v) is 10.7. The van der Waals surface area contributed by atoms with Crippen molar-refractivity contribution in [1.29, 1.82) is 0 Å². The van der Waals surface area contributed by atoms with Crippen LogP contribution < -0.4 is 4.90 Å². The van der Waals surface area contributed by atoms with Crippen molar-refractivity contribution in [2.75, 3.05) is 45.8 Å². The third-order valence-electron chi connectivity index (χ3n) is 5.06. The monoisotopic (exact) mass is 400 g/mol. The zero-order chi connectivity index (χ0) is 19.6. The number of piperazine rings is 1. The highest BCUT2D eigenvalue weighted by atomic mass is 32.2. The second-order valence-corrected chi connectivity index (χ2v) is 9.22. The number of amides is 1. The Labute approximate surface area is 159 Å². The predicted molar refractivity (Wildman–Crippen MR) is 97.3 cm³/mol. The molecule has 0 unspecified atom stereocenters. The van der Waals surface area contributed by atoms with Gasteiger partial charge < -0.3 is 14.5 Å². The first-order chi connectivity index (χ1) is 12.8. The molecule has 2 fully saturated rings. The van der Waals surface area contributed by atoms with E-state index >= 15 is 0 Å². The van der Waals surface area contributed by atoms with Crippen molar-refractivity contribution in [3.8, 4) is 0 Å². The molecule has 2 aliphatic heterocycles. The molecule has 2 atom stereocenters. The third kappa shape index (κ3) is 4.66. The minimum Gasteiger partial charge on any atom is -0.372 e. The van der Waals surface area contributed by atoms with Crippen molar-refractivity contribution in [1.82, 2.24) is 9.21 Å². The van der Waals surface area contributed by atoms with Gasteiger partial charge in [-0.3, -0.25) is 4.79 Å². The maximum absolute atomic E-state index is 13.9. The molecule has 7 nitrogen and oxygen atoms in total. The van der Waals surface area contributed by atoms with Gasteiger partial charge in [0.05, 0.1) is 38.4 Å². The fraction of sp³-hybridized carbons (Fsp3) is 0.611. The van der Waals surface area contributed by atoms with Crippen molar-refractivity contribution >= 4 is 15.9 Å². The smallest absolute Gasteiger partial charge is 0.277 e. The van der Waals surface area contributed by atoms with E-state index in [1.807, 2.05) is 18.7 Å². The molecular weight excluding hydrogens is 373 g/mol. The Balaban J connectivity index is 1.56. The van der Waals surface area contributed by atoms with E-state index in [0.29, 0.717) is 32.7 Å². The van der Waals surface area contributed by atoms with Crippen LogP contribution >= 0.6 is 0 Å². The lowest BCUT2D eigenvalue weighted by Gasteiger charge is -2.37. The summed E-state index contributed by atoms with van der Waals surface area (Å²) < 4.78 is 46.1. The molecule has 1 amide bonds. The topological polar surface area (TPSA) is 71.4 Å². The molecule has 0 bridgehead atoms. The SMILES string of the molecule is C[C@@H]1CN(C(=O)C[NH+]2CCN(S(=O)(=O)c3ccccc3F)CC2)C[C@H](C)O1. The lowest BCUT2D eigenvalue weighted by Crippen LogP contribution is -3.15. The number of hydrogen-bond acceptors (Lipinski definition) is 4. The highest BCUT2D eigenvalue weighted by Crippen LogP contribution is 2.18. The summed E-state index contributed by atoms with van der Waals surface area (Å²) in [4.78, 5) is 15.2. The predicted octanol–water partition coefficient (Wildman–Crippen LogP) is -0.649. The van der Waals surface area contributed by atoms with Gasteiger partial charge >= 0.3 is 0 Å². The lowest BCUT2D eigenvalue weighted by atomic mass is 10.2. The number of ether oxygens (including phenoxy) is 1. The molecule has 27 heavy (non-hydrogen) atoms. The number of carbonyl (C=O) groups is 1. The Kier molecular flexibility index (Phi) is 6.15. The first-order valence-electron chi connectivity index (χ1n) is 9.29. The van der Waals surface area contributed by atoms with Crippen LogP contribution in [0, 0.1) is 5.82 Å². The molecule has 0 aromatic heterocycles. The zero-order valence-electron chi connectivity index (χ0n) is 15.7.